The van der Waals surface area contributed by atoms with Gasteiger partial charge in [-0.2, -0.15) is 4.31 Å². The van der Waals surface area contributed by atoms with E-state index in [1.165, 1.54) is 4.31 Å². The lowest BCUT2D eigenvalue weighted by atomic mass is 10.0. The van der Waals surface area contributed by atoms with Crippen LogP contribution in [-0.4, -0.2) is 33.9 Å². The Labute approximate surface area is 240 Å². The van der Waals surface area contributed by atoms with Gasteiger partial charge in [-0.15, -0.1) is 0 Å². The summed E-state index contributed by atoms with van der Waals surface area (Å²) in [5, 5.41) is 0. The van der Waals surface area contributed by atoms with Gasteiger partial charge in [-0.1, -0.05) is 88.2 Å². The average Bonchev–Trinajstić information content (AvgIpc) is 2.85. The van der Waals surface area contributed by atoms with Crippen molar-refractivity contribution in [3.05, 3.63) is 117 Å². The van der Waals surface area contributed by atoms with E-state index in [0.717, 1.165) is 33.0 Å². The Morgan fingerprint density at radius 2 is 1.41 bits per heavy atom. The standard InChI is InChI=1S/C31H32BrNO4S2/c1-22-17-23(2)31(24(3)18-22)39(36,37)33(16-15-25-9-8-12-29(32)19-25)21-28-14-13-27(20-30(28)38(4,34)35)26-10-6-5-7-11-26/h5-14,17-20H,15-16,21H2,1-4H3. The molecule has 8 heteroatoms. The monoisotopic (exact) mass is 625 g/mol. The highest BCUT2D eigenvalue weighted by Gasteiger charge is 2.29. The highest BCUT2D eigenvalue weighted by Crippen LogP contribution is 2.30. The molecule has 0 amide bonds. The van der Waals surface area contributed by atoms with Crippen LogP contribution in [0.2, 0.25) is 0 Å². The Morgan fingerprint density at radius 1 is 0.744 bits per heavy atom. The van der Waals surface area contributed by atoms with E-state index in [2.05, 4.69) is 15.9 Å². The number of sulfone groups is 1. The summed E-state index contributed by atoms with van der Waals surface area (Å²) >= 11 is 3.48. The summed E-state index contributed by atoms with van der Waals surface area (Å²) < 4.78 is 56.6. The molecule has 0 N–H and O–H groups in total. The van der Waals surface area contributed by atoms with Crippen molar-refractivity contribution < 1.29 is 16.8 Å². The van der Waals surface area contributed by atoms with E-state index in [4.69, 9.17) is 0 Å². The maximum absolute atomic E-state index is 14.2. The van der Waals surface area contributed by atoms with Crippen LogP contribution in [0.15, 0.2) is 99.2 Å². The molecule has 4 aromatic rings. The molecule has 39 heavy (non-hydrogen) atoms. The number of aryl methyl sites for hydroxylation is 3. The van der Waals surface area contributed by atoms with Gasteiger partial charge in [-0.25, -0.2) is 16.8 Å². The second kappa shape index (κ2) is 11.8. The molecule has 0 bridgehead atoms. The van der Waals surface area contributed by atoms with Crippen molar-refractivity contribution >= 4 is 35.8 Å². The summed E-state index contributed by atoms with van der Waals surface area (Å²) in [6, 6.07) is 26.2. The Bertz CT molecular complexity index is 1690. The molecule has 0 radical (unpaired) electrons. The van der Waals surface area contributed by atoms with Crippen molar-refractivity contribution in [3.8, 4) is 11.1 Å². The van der Waals surface area contributed by atoms with Gasteiger partial charge in [0.2, 0.25) is 10.0 Å². The second-order valence-corrected chi connectivity index (χ2v) is 14.7. The third kappa shape index (κ3) is 6.87. The van der Waals surface area contributed by atoms with E-state index in [0.29, 0.717) is 23.1 Å². The molecule has 0 spiro atoms. The molecule has 0 fully saturated rings. The average molecular weight is 627 g/mol. The van der Waals surface area contributed by atoms with Crippen LogP contribution >= 0.6 is 15.9 Å². The molecule has 0 aliphatic heterocycles. The summed E-state index contributed by atoms with van der Waals surface area (Å²) in [4.78, 5) is 0.396. The van der Waals surface area contributed by atoms with Gasteiger partial charge in [0, 0.05) is 23.8 Å². The van der Waals surface area contributed by atoms with Gasteiger partial charge in [0.15, 0.2) is 9.84 Å². The first-order chi connectivity index (χ1) is 18.4. The quantitative estimate of drug-likeness (QED) is 0.203. The third-order valence-electron chi connectivity index (χ3n) is 6.66. The van der Waals surface area contributed by atoms with Crippen LogP contribution in [0.1, 0.15) is 27.8 Å². The summed E-state index contributed by atoms with van der Waals surface area (Å²) in [5.41, 5.74) is 5.39. The minimum Gasteiger partial charge on any atom is -0.224 e. The predicted octanol–water partition coefficient (Wildman–Crippen LogP) is 6.88. The van der Waals surface area contributed by atoms with Crippen LogP contribution in [0.5, 0.6) is 0 Å². The maximum atomic E-state index is 14.2. The van der Waals surface area contributed by atoms with E-state index in [9.17, 15) is 16.8 Å². The molecule has 0 heterocycles. The highest BCUT2D eigenvalue weighted by atomic mass is 79.9. The lowest BCUT2D eigenvalue weighted by molar-refractivity contribution is 0.406. The number of halogens is 1. The number of sulfonamides is 1. The minimum atomic E-state index is -3.96. The molecule has 0 atom stereocenters. The number of benzene rings is 4. The molecule has 5 nitrogen and oxygen atoms in total. The fraction of sp³-hybridized carbons (Fsp3) is 0.226. The zero-order valence-corrected chi connectivity index (χ0v) is 25.7. The molecule has 4 aromatic carbocycles. The van der Waals surface area contributed by atoms with E-state index >= 15 is 0 Å². The van der Waals surface area contributed by atoms with Gasteiger partial charge < -0.3 is 0 Å². The van der Waals surface area contributed by atoms with Gasteiger partial charge in [-0.3, -0.25) is 0 Å². The topological polar surface area (TPSA) is 71.5 Å². The first-order valence-corrected chi connectivity index (χ1v) is 16.7. The van der Waals surface area contributed by atoms with Crippen molar-refractivity contribution in [1.29, 1.82) is 0 Å². The van der Waals surface area contributed by atoms with Crippen LogP contribution < -0.4 is 0 Å². The molecule has 0 saturated heterocycles. The van der Waals surface area contributed by atoms with Gasteiger partial charge in [-0.05, 0) is 78.8 Å². The van der Waals surface area contributed by atoms with Crippen molar-refractivity contribution in [3.63, 3.8) is 0 Å². The first-order valence-electron chi connectivity index (χ1n) is 12.6. The predicted molar refractivity (Wildman–Crippen MR) is 161 cm³/mol. The first kappa shape index (κ1) is 29.2. The fourth-order valence-corrected chi connectivity index (χ4v) is 8.19. The van der Waals surface area contributed by atoms with Gasteiger partial charge in [0.1, 0.15) is 0 Å². The lowest BCUT2D eigenvalue weighted by Gasteiger charge is -2.26. The molecule has 0 aromatic heterocycles. The van der Waals surface area contributed by atoms with Gasteiger partial charge in [0.05, 0.1) is 9.79 Å². The third-order valence-corrected chi connectivity index (χ3v) is 10.5. The zero-order chi connectivity index (χ0) is 28.4. The Balaban J connectivity index is 1.80. The van der Waals surface area contributed by atoms with Crippen molar-refractivity contribution in [2.24, 2.45) is 0 Å². The number of rotatable bonds is 9. The van der Waals surface area contributed by atoms with Crippen LogP contribution in [-0.2, 0) is 32.8 Å². The maximum Gasteiger partial charge on any atom is 0.243 e. The SMILES string of the molecule is Cc1cc(C)c(S(=O)(=O)N(CCc2cccc(Br)c2)Cc2ccc(-c3ccccc3)cc2S(C)(=O)=O)c(C)c1. The smallest absolute Gasteiger partial charge is 0.224 e. The normalized spacial score (nSPS) is 12.2. The molecule has 0 unspecified atom stereocenters. The van der Waals surface area contributed by atoms with E-state index in [-0.39, 0.29) is 22.9 Å². The van der Waals surface area contributed by atoms with Gasteiger partial charge >= 0.3 is 0 Å². The molecule has 0 aliphatic rings. The van der Waals surface area contributed by atoms with Crippen LogP contribution in [0.4, 0.5) is 0 Å². The molecule has 204 valence electrons. The largest absolute Gasteiger partial charge is 0.243 e. The number of hydrogen-bond acceptors (Lipinski definition) is 4. The minimum absolute atomic E-state index is 0.0689. The van der Waals surface area contributed by atoms with Crippen molar-refractivity contribution in [1.82, 2.24) is 4.31 Å². The number of hydrogen-bond donors (Lipinski definition) is 0. The van der Waals surface area contributed by atoms with Crippen molar-refractivity contribution in [2.45, 2.75) is 43.5 Å². The summed E-state index contributed by atoms with van der Waals surface area (Å²) in [7, 11) is -7.60. The lowest BCUT2D eigenvalue weighted by Crippen LogP contribution is -2.34. The van der Waals surface area contributed by atoms with E-state index < -0.39 is 19.9 Å². The fourth-order valence-electron chi connectivity index (χ4n) is 4.96. The summed E-state index contributed by atoms with van der Waals surface area (Å²) in [6.45, 7) is 5.66. The molecule has 0 saturated carbocycles. The summed E-state index contributed by atoms with van der Waals surface area (Å²) in [6.07, 6.45) is 1.63. The van der Waals surface area contributed by atoms with Crippen LogP contribution in [0.25, 0.3) is 11.1 Å². The molecular formula is C31H32BrNO4S2. The Morgan fingerprint density at radius 3 is 2.03 bits per heavy atom. The van der Waals surface area contributed by atoms with Crippen LogP contribution in [0.3, 0.4) is 0 Å². The second-order valence-electron chi connectivity index (χ2n) is 9.91. The molecule has 4 rings (SSSR count). The summed E-state index contributed by atoms with van der Waals surface area (Å²) in [5.74, 6) is 0. The Hall–Kier alpha value is -2.78. The van der Waals surface area contributed by atoms with E-state index in [1.54, 1.807) is 26.0 Å². The molecule has 0 aliphatic carbocycles. The highest BCUT2D eigenvalue weighted by molar-refractivity contribution is 9.10. The van der Waals surface area contributed by atoms with Crippen LogP contribution in [0, 0.1) is 20.8 Å². The van der Waals surface area contributed by atoms with Gasteiger partial charge in [0.25, 0.3) is 0 Å². The zero-order valence-electron chi connectivity index (χ0n) is 22.5. The molecular weight excluding hydrogens is 594 g/mol. The van der Waals surface area contributed by atoms with E-state index in [1.807, 2.05) is 79.7 Å². The Kier molecular flexibility index (Phi) is 8.81. The number of nitrogens with zero attached hydrogens (tertiary/aromatic N) is 1. The van der Waals surface area contributed by atoms with Crippen molar-refractivity contribution in [2.75, 3.05) is 12.8 Å².